The molecule has 39 heavy (non-hydrogen) atoms. The average molecular weight is 541 g/mol. The third-order valence-electron chi connectivity index (χ3n) is 6.66. The molecule has 1 heterocycles. The molecule has 1 aliphatic heterocycles. The van der Waals surface area contributed by atoms with Crippen molar-refractivity contribution in [3.8, 4) is 5.75 Å². The number of amides is 2. The zero-order chi connectivity index (χ0) is 28.4. The standard InChI is InChI=1S/C30H40N2O7/c1-30(2,3)26(31-27(34)22-13-10-14-23(33)17-22)28(35)32-19-24(18-25(32)29(36)37-4)39-16-9-8-15-38-20-21-11-6-5-7-12-21/h5-7,10-14,17,24-26,33H,8-9,15-16,18-20H2,1-4H3,(H,31,34)/t24-,25+,26-/m1/s1. The second-order valence-electron chi connectivity index (χ2n) is 10.8. The molecular weight excluding hydrogens is 500 g/mol. The van der Waals surface area contributed by atoms with Gasteiger partial charge < -0.3 is 29.5 Å². The van der Waals surface area contributed by atoms with E-state index in [1.165, 1.54) is 24.1 Å². The molecule has 3 rings (SSSR count). The number of esters is 1. The van der Waals surface area contributed by atoms with Gasteiger partial charge in [-0.25, -0.2) is 4.79 Å². The molecule has 2 aromatic rings. The number of nitrogens with one attached hydrogen (secondary N) is 1. The van der Waals surface area contributed by atoms with Crippen LogP contribution in [0.25, 0.3) is 0 Å². The summed E-state index contributed by atoms with van der Waals surface area (Å²) in [5, 5.41) is 12.5. The van der Waals surface area contributed by atoms with Gasteiger partial charge in [0.05, 0.1) is 19.8 Å². The Morgan fingerprint density at radius 3 is 2.44 bits per heavy atom. The fraction of sp³-hybridized carbons (Fsp3) is 0.500. The number of phenolic OH excluding ortho intramolecular Hbond substituents is 1. The topological polar surface area (TPSA) is 114 Å². The van der Waals surface area contributed by atoms with Crippen LogP contribution in [0, 0.1) is 5.41 Å². The van der Waals surface area contributed by atoms with E-state index in [4.69, 9.17) is 14.2 Å². The van der Waals surface area contributed by atoms with E-state index in [1.54, 1.807) is 12.1 Å². The van der Waals surface area contributed by atoms with Gasteiger partial charge in [-0.15, -0.1) is 0 Å². The van der Waals surface area contributed by atoms with Gasteiger partial charge in [-0.05, 0) is 42.0 Å². The Morgan fingerprint density at radius 2 is 1.77 bits per heavy atom. The Labute approximate surface area is 230 Å². The van der Waals surface area contributed by atoms with Crippen LogP contribution in [-0.2, 0) is 30.4 Å². The summed E-state index contributed by atoms with van der Waals surface area (Å²) in [7, 11) is 1.29. The SMILES string of the molecule is COC(=O)[C@@H]1C[C@@H](OCCCCOCc2ccccc2)CN1C(=O)[C@@H](NC(=O)c1cccc(O)c1)C(C)(C)C. The van der Waals surface area contributed by atoms with Gasteiger partial charge >= 0.3 is 5.97 Å². The van der Waals surface area contributed by atoms with E-state index in [0.717, 1.165) is 18.4 Å². The lowest BCUT2D eigenvalue weighted by Crippen LogP contribution is -2.56. The number of carbonyl (C=O) groups excluding carboxylic acids is 3. The molecule has 0 radical (unpaired) electrons. The van der Waals surface area contributed by atoms with Crippen LogP contribution in [0.4, 0.5) is 0 Å². The highest BCUT2D eigenvalue weighted by Crippen LogP contribution is 2.28. The zero-order valence-corrected chi connectivity index (χ0v) is 23.2. The van der Waals surface area contributed by atoms with E-state index in [0.29, 0.717) is 26.2 Å². The van der Waals surface area contributed by atoms with Crippen LogP contribution in [0.1, 0.15) is 56.0 Å². The molecule has 0 spiro atoms. The molecule has 0 aromatic heterocycles. The quantitative estimate of drug-likeness (QED) is 0.312. The highest BCUT2D eigenvalue weighted by molar-refractivity contribution is 5.98. The zero-order valence-electron chi connectivity index (χ0n) is 23.2. The first kappa shape index (κ1) is 30.1. The lowest BCUT2D eigenvalue weighted by molar-refractivity contribution is -0.152. The third-order valence-corrected chi connectivity index (χ3v) is 6.66. The normalized spacial score (nSPS) is 18.0. The fourth-order valence-electron chi connectivity index (χ4n) is 4.52. The number of carbonyl (C=O) groups is 3. The van der Waals surface area contributed by atoms with Crippen molar-refractivity contribution in [3.63, 3.8) is 0 Å². The lowest BCUT2D eigenvalue weighted by Gasteiger charge is -2.35. The maximum absolute atomic E-state index is 13.7. The van der Waals surface area contributed by atoms with E-state index < -0.39 is 29.4 Å². The first-order chi connectivity index (χ1) is 18.6. The van der Waals surface area contributed by atoms with Crippen LogP contribution in [-0.4, -0.2) is 72.8 Å². The Morgan fingerprint density at radius 1 is 1.05 bits per heavy atom. The van der Waals surface area contributed by atoms with Crippen molar-refractivity contribution in [1.82, 2.24) is 10.2 Å². The predicted molar refractivity (Wildman–Crippen MR) is 146 cm³/mol. The monoisotopic (exact) mass is 540 g/mol. The highest BCUT2D eigenvalue weighted by Gasteiger charge is 2.45. The Balaban J connectivity index is 1.56. The molecule has 212 valence electrons. The van der Waals surface area contributed by atoms with Crippen LogP contribution in [0.2, 0.25) is 0 Å². The maximum atomic E-state index is 13.7. The minimum Gasteiger partial charge on any atom is -0.508 e. The van der Waals surface area contributed by atoms with Crippen molar-refractivity contribution in [1.29, 1.82) is 0 Å². The molecule has 3 atom stereocenters. The van der Waals surface area contributed by atoms with Crippen molar-refractivity contribution in [3.05, 3.63) is 65.7 Å². The minimum atomic E-state index is -0.917. The second kappa shape index (κ2) is 14.1. The van der Waals surface area contributed by atoms with Crippen molar-refractivity contribution >= 4 is 17.8 Å². The van der Waals surface area contributed by atoms with E-state index >= 15 is 0 Å². The molecule has 0 bridgehead atoms. The summed E-state index contributed by atoms with van der Waals surface area (Å²) in [5.74, 6) is -1.44. The molecule has 0 saturated carbocycles. The van der Waals surface area contributed by atoms with Crippen molar-refractivity contribution < 1.29 is 33.7 Å². The van der Waals surface area contributed by atoms with Gasteiger partial charge in [0.1, 0.15) is 17.8 Å². The van der Waals surface area contributed by atoms with Crippen LogP contribution in [0.3, 0.4) is 0 Å². The van der Waals surface area contributed by atoms with Crippen LogP contribution in [0.5, 0.6) is 5.75 Å². The number of likely N-dealkylation sites (tertiary alicyclic amines) is 1. The first-order valence-electron chi connectivity index (χ1n) is 13.3. The van der Waals surface area contributed by atoms with Gasteiger partial charge in [0, 0.05) is 31.7 Å². The van der Waals surface area contributed by atoms with E-state index in [-0.39, 0.29) is 29.9 Å². The Bertz CT molecular complexity index is 1100. The van der Waals surface area contributed by atoms with Crippen molar-refractivity contribution in [2.45, 2.75) is 64.8 Å². The van der Waals surface area contributed by atoms with E-state index in [1.807, 2.05) is 51.1 Å². The molecule has 9 nitrogen and oxygen atoms in total. The number of phenols is 1. The molecule has 0 aliphatic carbocycles. The number of benzene rings is 2. The summed E-state index contributed by atoms with van der Waals surface area (Å²) in [6.07, 6.45) is 1.61. The van der Waals surface area contributed by atoms with Gasteiger partial charge in [-0.2, -0.15) is 0 Å². The molecule has 2 N–H and O–H groups in total. The van der Waals surface area contributed by atoms with Gasteiger partial charge in [0.15, 0.2) is 0 Å². The molecule has 0 unspecified atom stereocenters. The van der Waals surface area contributed by atoms with Crippen molar-refractivity contribution in [2.24, 2.45) is 5.41 Å². The minimum absolute atomic E-state index is 0.0469. The predicted octanol–water partition coefficient (Wildman–Crippen LogP) is 3.69. The summed E-state index contributed by atoms with van der Waals surface area (Å²) in [5.41, 5.74) is 0.713. The number of hydrogen-bond donors (Lipinski definition) is 2. The average Bonchev–Trinajstić information content (AvgIpc) is 3.34. The van der Waals surface area contributed by atoms with Gasteiger partial charge in [-0.3, -0.25) is 9.59 Å². The Kier molecular flexibility index (Phi) is 10.9. The van der Waals surface area contributed by atoms with Gasteiger partial charge in [0.2, 0.25) is 5.91 Å². The largest absolute Gasteiger partial charge is 0.508 e. The summed E-state index contributed by atoms with van der Waals surface area (Å²) < 4.78 is 16.7. The summed E-state index contributed by atoms with van der Waals surface area (Å²) in [6.45, 7) is 7.41. The number of methoxy groups -OCH3 is 1. The van der Waals surface area contributed by atoms with Crippen molar-refractivity contribution in [2.75, 3.05) is 26.9 Å². The first-order valence-corrected chi connectivity index (χ1v) is 13.3. The fourth-order valence-corrected chi connectivity index (χ4v) is 4.52. The van der Waals surface area contributed by atoms with Crippen LogP contribution in [0.15, 0.2) is 54.6 Å². The molecule has 2 aromatic carbocycles. The number of aromatic hydroxyl groups is 1. The number of unbranched alkanes of at least 4 members (excludes halogenated alkanes) is 1. The number of ether oxygens (including phenoxy) is 3. The molecule has 9 heteroatoms. The maximum Gasteiger partial charge on any atom is 0.328 e. The molecule has 1 saturated heterocycles. The van der Waals surface area contributed by atoms with Gasteiger partial charge in [0.25, 0.3) is 5.91 Å². The molecule has 1 fully saturated rings. The third kappa shape index (κ3) is 8.80. The number of hydrogen-bond acceptors (Lipinski definition) is 7. The molecule has 1 aliphatic rings. The molecular formula is C30H40N2O7. The number of nitrogens with zero attached hydrogens (tertiary/aromatic N) is 1. The summed E-state index contributed by atoms with van der Waals surface area (Å²) in [6, 6.07) is 14.2. The van der Waals surface area contributed by atoms with Crippen LogP contribution < -0.4 is 5.32 Å². The lowest BCUT2D eigenvalue weighted by atomic mass is 9.85. The Hall–Kier alpha value is -3.43. The van der Waals surface area contributed by atoms with E-state index in [2.05, 4.69) is 5.32 Å². The summed E-state index contributed by atoms with van der Waals surface area (Å²) >= 11 is 0. The van der Waals surface area contributed by atoms with Gasteiger partial charge in [-0.1, -0.05) is 57.2 Å². The van der Waals surface area contributed by atoms with E-state index in [9.17, 15) is 19.5 Å². The van der Waals surface area contributed by atoms with Crippen LogP contribution >= 0.6 is 0 Å². The smallest absolute Gasteiger partial charge is 0.328 e. The summed E-state index contributed by atoms with van der Waals surface area (Å²) in [4.78, 5) is 40.7. The second-order valence-corrected chi connectivity index (χ2v) is 10.8. The highest BCUT2D eigenvalue weighted by atomic mass is 16.5. The molecule has 2 amide bonds. The number of rotatable bonds is 12.